The fourth-order valence-corrected chi connectivity index (χ4v) is 3.18. The molecule has 7 nitrogen and oxygen atoms in total. The van der Waals surface area contributed by atoms with E-state index >= 15 is 0 Å². The maximum atomic E-state index is 12.5. The van der Waals surface area contributed by atoms with E-state index < -0.39 is 27.3 Å². The van der Waals surface area contributed by atoms with Crippen LogP contribution in [0.2, 0.25) is 0 Å². The molecule has 0 aliphatic rings. The van der Waals surface area contributed by atoms with Gasteiger partial charge in [0, 0.05) is 6.26 Å². The number of carbonyl (C=O) groups excluding carboxylic acids is 1. The van der Waals surface area contributed by atoms with Crippen molar-refractivity contribution in [1.29, 1.82) is 0 Å². The van der Waals surface area contributed by atoms with Crippen LogP contribution in [0, 0.1) is 0 Å². The lowest BCUT2D eigenvalue weighted by atomic mass is 9.87. The van der Waals surface area contributed by atoms with Crippen molar-refractivity contribution >= 4 is 21.7 Å². The molecule has 1 heterocycles. The smallest absolute Gasteiger partial charge is 0.334 e. The number of rotatable bonds is 7. The van der Waals surface area contributed by atoms with Crippen LogP contribution in [0.1, 0.15) is 35.2 Å². The van der Waals surface area contributed by atoms with E-state index in [2.05, 4.69) is 5.32 Å². The first-order chi connectivity index (χ1) is 11.7. The molecule has 2 rings (SSSR count). The first kappa shape index (κ1) is 18.7. The van der Waals surface area contributed by atoms with Crippen molar-refractivity contribution in [3.05, 3.63) is 59.5 Å². The van der Waals surface area contributed by atoms with Gasteiger partial charge >= 0.3 is 5.97 Å². The quantitative estimate of drug-likeness (QED) is 0.775. The lowest BCUT2D eigenvalue weighted by Gasteiger charge is -2.29. The maximum Gasteiger partial charge on any atom is 0.334 e. The fraction of sp³-hybridized carbons (Fsp3) is 0.294. The highest BCUT2D eigenvalue weighted by atomic mass is 32.2. The molecule has 0 aliphatic carbocycles. The molecule has 1 atom stereocenters. The van der Waals surface area contributed by atoms with Crippen LogP contribution >= 0.6 is 0 Å². The molecule has 2 aromatic rings. The molecule has 8 heteroatoms. The van der Waals surface area contributed by atoms with Crippen LogP contribution in [0.25, 0.3) is 0 Å². The van der Waals surface area contributed by atoms with Crippen molar-refractivity contribution < 1.29 is 27.5 Å². The second-order valence-electron chi connectivity index (χ2n) is 5.72. The summed E-state index contributed by atoms with van der Waals surface area (Å²) >= 11 is 0. The SMILES string of the molecule is CCC(NC(=O)c1ccc(CS(C)(=O)=O)o1)(C(=O)O)c1ccccc1. The zero-order valence-corrected chi connectivity index (χ0v) is 14.7. The van der Waals surface area contributed by atoms with E-state index in [-0.39, 0.29) is 23.7 Å². The Morgan fingerprint density at radius 2 is 1.80 bits per heavy atom. The van der Waals surface area contributed by atoms with Gasteiger partial charge < -0.3 is 14.8 Å². The average Bonchev–Trinajstić information content (AvgIpc) is 2.99. The lowest BCUT2D eigenvalue weighted by Crippen LogP contribution is -2.51. The van der Waals surface area contributed by atoms with Crippen molar-refractivity contribution in [3.63, 3.8) is 0 Å². The van der Waals surface area contributed by atoms with Crippen molar-refractivity contribution in [2.75, 3.05) is 6.26 Å². The summed E-state index contributed by atoms with van der Waals surface area (Å²) in [5, 5.41) is 12.2. The van der Waals surface area contributed by atoms with E-state index in [1.165, 1.54) is 12.1 Å². The van der Waals surface area contributed by atoms with Gasteiger partial charge in [0.15, 0.2) is 21.1 Å². The topological polar surface area (TPSA) is 114 Å². The molecule has 0 bridgehead atoms. The third-order valence-electron chi connectivity index (χ3n) is 3.78. The highest BCUT2D eigenvalue weighted by Crippen LogP contribution is 2.26. The molecular formula is C17H19NO6S. The number of carbonyl (C=O) groups is 2. The average molecular weight is 365 g/mol. The van der Waals surface area contributed by atoms with Gasteiger partial charge in [-0.05, 0) is 24.1 Å². The molecule has 0 fully saturated rings. The third kappa shape index (κ3) is 4.27. The molecule has 25 heavy (non-hydrogen) atoms. The molecule has 0 saturated carbocycles. The number of nitrogens with one attached hydrogen (secondary N) is 1. The van der Waals surface area contributed by atoms with E-state index in [0.717, 1.165) is 6.26 Å². The molecule has 1 aromatic heterocycles. The van der Waals surface area contributed by atoms with Gasteiger partial charge in [0.1, 0.15) is 11.5 Å². The Bertz CT molecular complexity index is 872. The zero-order valence-electron chi connectivity index (χ0n) is 13.9. The monoisotopic (exact) mass is 365 g/mol. The summed E-state index contributed by atoms with van der Waals surface area (Å²) in [6.45, 7) is 1.65. The van der Waals surface area contributed by atoms with Gasteiger partial charge in [-0.2, -0.15) is 0 Å². The van der Waals surface area contributed by atoms with E-state index in [4.69, 9.17) is 4.42 Å². The zero-order chi connectivity index (χ0) is 18.7. The third-order valence-corrected chi connectivity index (χ3v) is 4.59. The summed E-state index contributed by atoms with van der Waals surface area (Å²) in [5.41, 5.74) is -1.18. The van der Waals surface area contributed by atoms with Gasteiger partial charge in [-0.3, -0.25) is 4.79 Å². The van der Waals surface area contributed by atoms with E-state index in [1.807, 2.05) is 0 Å². The number of hydrogen-bond acceptors (Lipinski definition) is 5. The van der Waals surface area contributed by atoms with Crippen LogP contribution in [0.4, 0.5) is 0 Å². The van der Waals surface area contributed by atoms with Crippen LogP contribution in [-0.2, 0) is 25.9 Å². The molecular weight excluding hydrogens is 346 g/mol. The van der Waals surface area contributed by atoms with Crippen LogP contribution in [-0.4, -0.2) is 31.7 Å². The summed E-state index contributed by atoms with van der Waals surface area (Å²) in [7, 11) is -3.31. The second kappa shape index (κ2) is 7.10. The molecule has 0 saturated heterocycles. The Labute approximate surface area is 145 Å². The van der Waals surface area contributed by atoms with E-state index in [1.54, 1.807) is 37.3 Å². The normalized spacial score (nSPS) is 13.8. The Hall–Kier alpha value is -2.61. The molecule has 134 valence electrons. The van der Waals surface area contributed by atoms with Gasteiger partial charge in [-0.15, -0.1) is 0 Å². The minimum absolute atomic E-state index is 0.116. The summed E-state index contributed by atoms with van der Waals surface area (Å²) in [6.07, 6.45) is 1.17. The van der Waals surface area contributed by atoms with Gasteiger partial charge in [-0.1, -0.05) is 37.3 Å². The minimum atomic E-state index is -3.31. The molecule has 2 N–H and O–H groups in total. The fourth-order valence-electron chi connectivity index (χ4n) is 2.51. The molecule has 1 amide bonds. The number of carboxylic acids is 1. The maximum absolute atomic E-state index is 12.5. The van der Waals surface area contributed by atoms with Crippen LogP contribution in [0.15, 0.2) is 46.9 Å². The first-order valence-corrected chi connectivity index (χ1v) is 9.62. The summed E-state index contributed by atoms with van der Waals surface area (Å²) < 4.78 is 27.8. The Morgan fingerprint density at radius 1 is 1.16 bits per heavy atom. The lowest BCUT2D eigenvalue weighted by molar-refractivity contribution is -0.145. The van der Waals surface area contributed by atoms with Crippen LogP contribution in [0.5, 0.6) is 0 Å². The summed E-state index contributed by atoms with van der Waals surface area (Å²) in [5.74, 6) is -2.29. The van der Waals surface area contributed by atoms with Gasteiger partial charge in [0.2, 0.25) is 0 Å². The summed E-state index contributed by atoms with van der Waals surface area (Å²) in [4.78, 5) is 24.3. The number of aliphatic carboxylic acids is 1. The molecule has 0 radical (unpaired) electrons. The van der Waals surface area contributed by atoms with Gasteiger partial charge in [0.25, 0.3) is 5.91 Å². The molecule has 0 aliphatic heterocycles. The Morgan fingerprint density at radius 3 is 2.32 bits per heavy atom. The molecule has 0 spiro atoms. The predicted octanol–water partition coefficient (Wildman–Crippen LogP) is 1.94. The predicted molar refractivity (Wildman–Crippen MR) is 90.8 cm³/mol. The number of amides is 1. The van der Waals surface area contributed by atoms with Gasteiger partial charge in [0.05, 0.1) is 0 Å². The van der Waals surface area contributed by atoms with Gasteiger partial charge in [-0.25, -0.2) is 13.2 Å². The molecule has 1 unspecified atom stereocenters. The van der Waals surface area contributed by atoms with E-state index in [0.29, 0.717) is 5.56 Å². The number of benzene rings is 1. The van der Waals surface area contributed by atoms with Crippen molar-refractivity contribution in [1.82, 2.24) is 5.32 Å². The summed E-state index contributed by atoms with van der Waals surface area (Å²) in [6, 6.07) is 11.1. The standard InChI is InChI=1S/C17H19NO6S/c1-3-17(16(20)21,12-7-5-4-6-8-12)18-15(19)14-10-9-13(24-14)11-25(2,22)23/h4-10H,3,11H2,1-2H3,(H,18,19)(H,20,21). The van der Waals surface area contributed by atoms with Crippen molar-refractivity contribution in [2.24, 2.45) is 0 Å². The van der Waals surface area contributed by atoms with Crippen molar-refractivity contribution in [2.45, 2.75) is 24.6 Å². The first-order valence-electron chi connectivity index (χ1n) is 7.56. The Kier molecular flexibility index (Phi) is 5.32. The Balaban J connectivity index is 2.31. The van der Waals surface area contributed by atoms with E-state index in [9.17, 15) is 23.1 Å². The number of furan rings is 1. The second-order valence-corrected chi connectivity index (χ2v) is 7.86. The number of sulfone groups is 1. The number of carboxylic acid groups (broad SMARTS) is 1. The van der Waals surface area contributed by atoms with Crippen LogP contribution < -0.4 is 5.32 Å². The highest BCUT2D eigenvalue weighted by Gasteiger charge is 2.40. The number of hydrogen-bond donors (Lipinski definition) is 2. The molecule has 1 aromatic carbocycles. The largest absolute Gasteiger partial charge is 0.479 e. The highest BCUT2D eigenvalue weighted by molar-refractivity contribution is 7.89. The minimum Gasteiger partial charge on any atom is -0.479 e. The van der Waals surface area contributed by atoms with Crippen LogP contribution in [0.3, 0.4) is 0 Å². The van der Waals surface area contributed by atoms with Crippen molar-refractivity contribution in [3.8, 4) is 0 Å².